The zero-order chi connectivity index (χ0) is 32.5. The minimum atomic E-state index is -0.943. The molecule has 1 fully saturated rings. The number of rotatable bonds is 32. The van der Waals surface area contributed by atoms with Gasteiger partial charge in [-0.25, -0.2) is 5.09 Å². The molecule has 0 radical (unpaired) electrons. The second-order valence-electron chi connectivity index (χ2n) is 13.3. The molecule has 1 saturated heterocycles. The van der Waals surface area contributed by atoms with E-state index in [0.717, 1.165) is 38.8 Å². The highest BCUT2D eigenvalue weighted by molar-refractivity contribution is 7.45. The predicted octanol–water partition coefficient (Wildman–Crippen LogP) is 12.8. The van der Waals surface area contributed by atoms with E-state index in [2.05, 4.69) is 86.5 Å². The third-order valence-electron chi connectivity index (χ3n) is 8.56. The minimum absolute atomic E-state index is 0.270. The van der Waals surface area contributed by atoms with E-state index in [-0.39, 0.29) is 12.2 Å². The molecule has 262 valence electrons. The molecular weight excluding hydrogens is 571 g/mol. The molecule has 0 aromatic carbocycles. The number of hydrogen-bond acceptors (Lipinski definition) is 4. The van der Waals surface area contributed by atoms with Crippen molar-refractivity contribution in [3.63, 3.8) is 0 Å². The van der Waals surface area contributed by atoms with Crippen LogP contribution in [0.4, 0.5) is 0 Å². The maximum atomic E-state index is 6.44. The van der Waals surface area contributed by atoms with Crippen LogP contribution in [0.25, 0.3) is 0 Å². The van der Waals surface area contributed by atoms with E-state index in [1.807, 2.05) is 0 Å². The van der Waals surface area contributed by atoms with E-state index in [1.54, 1.807) is 0 Å². The van der Waals surface area contributed by atoms with Crippen molar-refractivity contribution in [3.8, 4) is 0 Å². The van der Waals surface area contributed by atoms with Gasteiger partial charge in [-0.2, -0.15) is 0 Å². The van der Waals surface area contributed by atoms with Crippen molar-refractivity contribution in [2.75, 3.05) is 27.2 Å². The SMILES string of the molecule is CCCCC/C=C\C/C=C\CCCCCCCC1OP(NCCN(C)C)OC1CCCCCCC/C=C\C/C=C\CCCCC. The van der Waals surface area contributed by atoms with E-state index >= 15 is 0 Å². The van der Waals surface area contributed by atoms with E-state index in [9.17, 15) is 0 Å². The Morgan fingerprint density at radius 1 is 0.511 bits per heavy atom. The lowest BCUT2D eigenvalue weighted by Crippen LogP contribution is -2.23. The van der Waals surface area contributed by atoms with Crippen molar-refractivity contribution in [2.24, 2.45) is 0 Å². The zero-order valence-electron chi connectivity index (χ0n) is 30.4. The van der Waals surface area contributed by atoms with Gasteiger partial charge < -0.3 is 13.9 Å². The number of nitrogens with zero attached hydrogens (tertiary/aromatic N) is 1. The van der Waals surface area contributed by atoms with Crippen molar-refractivity contribution in [1.29, 1.82) is 0 Å². The molecule has 1 N–H and O–H groups in total. The van der Waals surface area contributed by atoms with Crippen LogP contribution in [-0.4, -0.2) is 44.3 Å². The largest absolute Gasteiger partial charge is 0.316 e. The first-order chi connectivity index (χ1) is 22.2. The van der Waals surface area contributed by atoms with Crippen molar-refractivity contribution < 1.29 is 9.05 Å². The standard InChI is InChI=1S/C40H75N2O2P/c1-5-7-9-11-13-15-17-19-21-23-25-27-29-31-33-35-39-40(44-45(43-39)41-37-38-42(3)4)36-34-32-30-28-26-24-22-20-18-16-14-12-10-8-6-2/h13-16,19-22,39-41H,5-12,17-18,23-38H2,1-4H3/b15-13-,16-14-,21-19-,22-20-. The Hall–Kier alpha value is -0.770. The lowest BCUT2D eigenvalue weighted by Gasteiger charge is -2.16. The molecular formula is C40H75N2O2P. The normalized spacial score (nSPS) is 19.2. The van der Waals surface area contributed by atoms with E-state index < -0.39 is 8.53 Å². The van der Waals surface area contributed by atoms with Crippen LogP contribution in [-0.2, 0) is 9.05 Å². The molecule has 1 aliphatic rings. The number of allylic oxidation sites excluding steroid dienone is 8. The second kappa shape index (κ2) is 33.1. The molecule has 4 nitrogen and oxygen atoms in total. The maximum absolute atomic E-state index is 6.44. The van der Waals surface area contributed by atoms with Crippen molar-refractivity contribution in [2.45, 2.75) is 180 Å². The summed E-state index contributed by atoms with van der Waals surface area (Å²) in [7, 11) is 3.29. The maximum Gasteiger partial charge on any atom is 0.256 e. The van der Waals surface area contributed by atoms with Gasteiger partial charge in [0.2, 0.25) is 0 Å². The lowest BCUT2D eigenvalue weighted by atomic mass is 9.99. The molecule has 1 aliphatic heterocycles. The number of likely N-dealkylation sites (N-methyl/N-ethyl adjacent to an activating group) is 1. The third kappa shape index (κ3) is 28.0. The molecule has 2 atom stereocenters. The molecule has 0 saturated carbocycles. The molecule has 1 rings (SSSR count). The summed E-state index contributed by atoms with van der Waals surface area (Å²) in [6.07, 6.45) is 49.9. The minimum Gasteiger partial charge on any atom is -0.316 e. The van der Waals surface area contributed by atoms with E-state index in [1.165, 1.54) is 128 Å². The summed E-state index contributed by atoms with van der Waals surface area (Å²) in [6.45, 7) is 6.47. The fourth-order valence-electron chi connectivity index (χ4n) is 5.64. The van der Waals surface area contributed by atoms with Crippen LogP contribution in [0.1, 0.15) is 168 Å². The third-order valence-corrected chi connectivity index (χ3v) is 9.96. The first-order valence-electron chi connectivity index (χ1n) is 19.3. The van der Waals surface area contributed by atoms with Crippen molar-refractivity contribution in [1.82, 2.24) is 9.99 Å². The Kier molecular flexibility index (Phi) is 31.1. The summed E-state index contributed by atoms with van der Waals surface area (Å²) >= 11 is 0. The average Bonchev–Trinajstić information content (AvgIpc) is 3.42. The smallest absolute Gasteiger partial charge is 0.256 e. The van der Waals surface area contributed by atoms with Gasteiger partial charge in [-0.15, -0.1) is 0 Å². The van der Waals surface area contributed by atoms with Gasteiger partial charge in [0.15, 0.2) is 0 Å². The van der Waals surface area contributed by atoms with Gasteiger partial charge in [0.05, 0.1) is 12.2 Å². The van der Waals surface area contributed by atoms with Crippen LogP contribution in [0.15, 0.2) is 48.6 Å². The van der Waals surface area contributed by atoms with Crippen molar-refractivity contribution >= 4 is 8.53 Å². The number of nitrogens with one attached hydrogen (secondary N) is 1. The highest BCUT2D eigenvalue weighted by atomic mass is 31.2. The van der Waals surface area contributed by atoms with Crippen LogP contribution in [0.2, 0.25) is 0 Å². The molecule has 5 heteroatoms. The average molecular weight is 647 g/mol. The Balaban J connectivity index is 2.16. The fraction of sp³-hybridized carbons (Fsp3) is 0.800. The molecule has 0 amide bonds. The van der Waals surface area contributed by atoms with Crippen LogP contribution < -0.4 is 5.09 Å². The number of hydrogen-bond donors (Lipinski definition) is 1. The quantitative estimate of drug-likeness (QED) is 0.0448. The molecule has 0 aliphatic carbocycles. The summed E-state index contributed by atoms with van der Waals surface area (Å²) in [4.78, 5) is 2.21. The van der Waals surface area contributed by atoms with Gasteiger partial charge in [0, 0.05) is 13.1 Å². The number of unbranched alkanes of at least 4 members (excludes halogenated alkanes) is 16. The first kappa shape index (κ1) is 42.3. The van der Waals surface area contributed by atoms with Crippen LogP contribution >= 0.6 is 8.53 Å². The predicted molar refractivity (Wildman–Crippen MR) is 202 cm³/mol. The topological polar surface area (TPSA) is 33.7 Å². The van der Waals surface area contributed by atoms with Gasteiger partial charge in [-0.3, -0.25) is 0 Å². The van der Waals surface area contributed by atoms with Gasteiger partial charge >= 0.3 is 0 Å². The molecule has 0 aromatic heterocycles. The van der Waals surface area contributed by atoms with Gasteiger partial charge in [0.1, 0.15) is 0 Å². The summed E-state index contributed by atoms with van der Waals surface area (Å²) in [5.74, 6) is 0. The van der Waals surface area contributed by atoms with Gasteiger partial charge in [0.25, 0.3) is 8.53 Å². The Morgan fingerprint density at radius 2 is 0.889 bits per heavy atom. The summed E-state index contributed by atoms with van der Waals surface area (Å²) in [6, 6.07) is 0. The summed E-state index contributed by atoms with van der Waals surface area (Å²) in [5.41, 5.74) is 0. The Morgan fingerprint density at radius 3 is 1.29 bits per heavy atom. The molecule has 0 aromatic rings. The first-order valence-corrected chi connectivity index (χ1v) is 20.5. The van der Waals surface area contributed by atoms with Gasteiger partial charge in [-0.05, 0) is 91.1 Å². The van der Waals surface area contributed by atoms with E-state index in [0.29, 0.717) is 0 Å². The molecule has 0 spiro atoms. The zero-order valence-corrected chi connectivity index (χ0v) is 31.3. The van der Waals surface area contributed by atoms with E-state index in [4.69, 9.17) is 9.05 Å². The second-order valence-corrected chi connectivity index (χ2v) is 14.5. The molecule has 2 unspecified atom stereocenters. The van der Waals surface area contributed by atoms with Crippen LogP contribution in [0.5, 0.6) is 0 Å². The van der Waals surface area contributed by atoms with Crippen LogP contribution in [0, 0.1) is 0 Å². The molecule has 1 heterocycles. The monoisotopic (exact) mass is 647 g/mol. The highest BCUT2D eigenvalue weighted by Gasteiger charge is 2.36. The summed E-state index contributed by atoms with van der Waals surface area (Å²) in [5, 5.41) is 3.54. The lowest BCUT2D eigenvalue weighted by molar-refractivity contribution is 0.133. The molecule has 45 heavy (non-hydrogen) atoms. The Bertz CT molecular complexity index is 682. The van der Waals surface area contributed by atoms with Gasteiger partial charge in [-0.1, -0.05) is 140 Å². The fourth-order valence-corrected chi connectivity index (χ4v) is 7.09. The highest BCUT2D eigenvalue weighted by Crippen LogP contribution is 2.47. The molecule has 0 bridgehead atoms. The summed E-state index contributed by atoms with van der Waals surface area (Å²) < 4.78 is 12.9. The van der Waals surface area contributed by atoms with Crippen LogP contribution in [0.3, 0.4) is 0 Å². The van der Waals surface area contributed by atoms with Crippen molar-refractivity contribution in [3.05, 3.63) is 48.6 Å². The Labute approximate surface area is 282 Å².